The lowest BCUT2D eigenvalue weighted by Crippen LogP contribution is -2.45. The number of hydrazine groups is 1. The number of benzene rings is 1. The molecule has 0 amide bonds. The third-order valence-electron chi connectivity index (χ3n) is 3.69. The highest BCUT2D eigenvalue weighted by molar-refractivity contribution is 5.44. The van der Waals surface area contributed by atoms with Crippen LogP contribution in [0.5, 0.6) is 11.5 Å². The third-order valence-corrected chi connectivity index (χ3v) is 3.69. The molecular weight excluding hydrogens is 244 g/mol. The first-order valence-electron chi connectivity index (χ1n) is 6.29. The van der Waals surface area contributed by atoms with E-state index in [4.69, 9.17) is 20.1 Å². The van der Waals surface area contributed by atoms with Crippen LogP contribution in [0.4, 0.5) is 0 Å². The first-order valence-corrected chi connectivity index (χ1v) is 6.29. The van der Waals surface area contributed by atoms with E-state index in [0.717, 1.165) is 12.0 Å². The molecule has 2 unspecified atom stereocenters. The first-order chi connectivity index (χ1) is 9.06. The Balaban J connectivity index is 3.19. The Hall–Kier alpha value is -1.30. The van der Waals surface area contributed by atoms with Gasteiger partial charge in [-0.05, 0) is 31.0 Å². The highest BCUT2D eigenvalue weighted by Gasteiger charge is 2.33. The minimum atomic E-state index is -0.394. The van der Waals surface area contributed by atoms with Gasteiger partial charge in [0.15, 0.2) is 11.5 Å². The van der Waals surface area contributed by atoms with Gasteiger partial charge in [-0.3, -0.25) is 11.3 Å². The molecule has 0 aliphatic rings. The molecule has 0 fully saturated rings. The number of hydrogen-bond acceptors (Lipinski definition) is 5. The number of rotatable bonds is 7. The van der Waals surface area contributed by atoms with Crippen molar-refractivity contribution in [2.45, 2.75) is 31.9 Å². The highest BCUT2D eigenvalue weighted by Crippen LogP contribution is 2.35. The normalized spacial score (nSPS) is 15.7. The number of ether oxygens (including phenoxy) is 3. The Morgan fingerprint density at radius 2 is 1.84 bits per heavy atom. The summed E-state index contributed by atoms with van der Waals surface area (Å²) in [7, 11) is 4.91. The van der Waals surface area contributed by atoms with Gasteiger partial charge >= 0.3 is 0 Å². The molecule has 0 spiro atoms. The summed E-state index contributed by atoms with van der Waals surface area (Å²) in [5, 5.41) is 0. The fourth-order valence-corrected chi connectivity index (χ4v) is 2.12. The largest absolute Gasteiger partial charge is 0.493 e. The molecular formula is C14H24N2O3. The van der Waals surface area contributed by atoms with Crippen molar-refractivity contribution < 1.29 is 14.2 Å². The van der Waals surface area contributed by atoms with Crippen LogP contribution in [0.25, 0.3) is 0 Å². The summed E-state index contributed by atoms with van der Waals surface area (Å²) < 4.78 is 16.2. The SMILES string of the molecule is CCC(C)(OC)C(NN)c1ccc(OC)c(OC)c1. The molecule has 3 N–H and O–H groups in total. The summed E-state index contributed by atoms with van der Waals surface area (Å²) in [6, 6.07) is 5.60. The van der Waals surface area contributed by atoms with E-state index < -0.39 is 5.60 Å². The topological polar surface area (TPSA) is 65.7 Å². The van der Waals surface area contributed by atoms with Crippen LogP contribution in [0.1, 0.15) is 31.9 Å². The molecule has 0 aromatic heterocycles. The molecule has 0 aliphatic heterocycles. The van der Waals surface area contributed by atoms with Gasteiger partial charge in [-0.2, -0.15) is 0 Å². The van der Waals surface area contributed by atoms with Gasteiger partial charge in [0.25, 0.3) is 0 Å². The molecule has 108 valence electrons. The fourth-order valence-electron chi connectivity index (χ4n) is 2.12. The molecule has 5 heteroatoms. The smallest absolute Gasteiger partial charge is 0.161 e. The van der Waals surface area contributed by atoms with E-state index in [1.807, 2.05) is 25.1 Å². The van der Waals surface area contributed by atoms with Crippen LogP contribution in [-0.4, -0.2) is 26.9 Å². The molecule has 0 aliphatic carbocycles. The molecule has 0 heterocycles. The predicted molar refractivity (Wildman–Crippen MR) is 75.3 cm³/mol. The van der Waals surface area contributed by atoms with E-state index in [-0.39, 0.29) is 6.04 Å². The van der Waals surface area contributed by atoms with Crippen LogP contribution in [0.2, 0.25) is 0 Å². The van der Waals surface area contributed by atoms with Gasteiger partial charge < -0.3 is 14.2 Å². The van der Waals surface area contributed by atoms with E-state index in [9.17, 15) is 0 Å². The average molecular weight is 268 g/mol. The average Bonchev–Trinajstić information content (AvgIpc) is 2.47. The Labute approximate surface area is 115 Å². The lowest BCUT2D eigenvalue weighted by Gasteiger charge is -2.35. The van der Waals surface area contributed by atoms with Crippen LogP contribution in [0.3, 0.4) is 0 Å². The monoisotopic (exact) mass is 268 g/mol. The number of hydrogen-bond donors (Lipinski definition) is 2. The molecule has 2 atom stereocenters. The van der Waals surface area contributed by atoms with Crippen molar-refractivity contribution in [2.75, 3.05) is 21.3 Å². The first kappa shape index (κ1) is 15.8. The van der Waals surface area contributed by atoms with E-state index in [2.05, 4.69) is 12.3 Å². The molecule has 0 saturated carbocycles. The summed E-state index contributed by atoms with van der Waals surface area (Å²) in [6.07, 6.45) is 0.826. The van der Waals surface area contributed by atoms with Gasteiger partial charge in [0.05, 0.1) is 25.9 Å². The Morgan fingerprint density at radius 3 is 2.26 bits per heavy atom. The second kappa shape index (κ2) is 6.75. The van der Waals surface area contributed by atoms with Gasteiger partial charge in [0, 0.05) is 7.11 Å². The van der Waals surface area contributed by atoms with Gasteiger partial charge in [0.1, 0.15) is 0 Å². The number of methoxy groups -OCH3 is 3. The minimum Gasteiger partial charge on any atom is -0.493 e. The zero-order chi connectivity index (χ0) is 14.5. The zero-order valence-electron chi connectivity index (χ0n) is 12.3. The van der Waals surface area contributed by atoms with Crippen molar-refractivity contribution in [3.63, 3.8) is 0 Å². The van der Waals surface area contributed by atoms with Crippen molar-refractivity contribution in [1.29, 1.82) is 0 Å². The Bertz CT molecular complexity index is 406. The van der Waals surface area contributed by atoms with Crippen LogP contribution < -0.4 is 20.7 Å². The van der Waals surface area contributed by atoms with Crippen molar-refractivity contribution in [1.82, 2.24) is 5.43 Å². The second-order valence-corrected chi connectivity index (χ2v) is 4.58. The summed E-state index contributed by atoms with van der Waals surface area (Å²) >= 11 is 0. The van der Waals surface area contributed by atoms with Gasteiger partial charge in [0.2, 0.25) is 0 Å². The molecule has 19 heavy (non-hydrogen) atoms. The molecule has 5 nitrogen and oxygen atoms in total. The summed E-state index contributed by atoms with van der Waals surface area (Å²) in [5.74, 6) is 7.07. The van der Waals surface area contributed by atoms with Gasteiger partial charge in [-0.15, -0.1) is 0 Å². The van der Waals surface area contributed by atoms with Crippen LogP contribution in [0, 0.1) is 0 Å². The quantitative estimate of drug-likeness (QED) is 0.585. The number of nitrogens with two attached hydrogens (primary N) is 1. The maximum atomic E-state index is 5.70. The van der Waals surface area contributed by atoms with E-state index in [1.54, 1.807) is 21.3 Å². The molecule has 0 saturated heterocycles. The standard InChI is InChI=1S/C14H24N2O3/c1-6-14(2,19-5)13(16-15)10-7-8-11(17-3)12(9-10)18-4/h7-9,13,16H,6,15H2,1-5H3. The van der Waals surface area contributed by atoms with Crippen molar-refractivity contribution in [2.24, 2.45) is 5.84 Å². The Morgan fingerprint density at radius 1 is 1.21 bits per heavy atom. The molecule has 0 bridgehead atoms. The maximum Gasteiger partial charge on any atom is 0.161 e. The summed E-state index contributed by atoms with van der Waals surface area (Å²) in [4.78, 5) is 0. The molecule has 1 rings (SSSR count). The van der Waals surface area contributed by atoms with E-state index in [1.165, 1.54) is 0 Å². The van der Waals surface area contributed by atoms with Crippen molar-refractivity contribution >= 4 is 0 Å². The van der Waals surface area contributed by atoms with Gasteiger partial charge in [-0.25, -0.2) is 0 Å². The summed E-state index contributed by atoms with van der Waals surface area (Å²) in [6.45, 7) is 4.09. The fraction of sp³-hybridized carbons (Fsp3) is 0.571. The molecule has 1 aromatic carbocycles. The predicted octanol–water partition coefficient (Wildman–Crippen LogP) is 2.02. The number of nitrogens with one attached hydrogen (secondary N) is 1. The van der Waals surface area contributed by atoms with E-state index in [0.29, 0.717) is 11.5 Å². The third kappa shape index (κ3) is 3.18. The van der Waals surface area contributed by atoms with E-state index >= 15 is 0 Å². The second-order valence-electron chi connectivity index (χ2n) is 4.58. The maximum absolute atomic E-state index is 5.70. The van der Waals surface area contributed by atoms with Crippen LogP contribution >= 0.6 is 0 Å². The van der Waals surface area contributed by atoms with Crippen LogP contribution in [0.15, 0.2) is 18.2 Å². The molecule has 1 aromatic rings. The molecule has 0 radical (unpaired) electrons. The minimum absolute atomic E-state index is 0.137. The highest BCUT2D eigenvalue weighted by atomic mass is 16.5. The lowest BCUT2D eigenvalue weighted by atomic mass is 9.88. The van der Waals surface area contributed by atoms with Crippen molar-refractivity contribution in [3.8, 4) is 11.5 Å². The van der Waals surface area contributed by atoms with Crippen molar-refractivity contribution in [3.05, 3.63) is 23.8 Å². The summed E-state index contributed by atoms with van der Waals surface area (Å²) in [5.41, 5.74) is 3.43. The lowest BCUT2D eigenvalue weighted by molar-refractivity contribution is -0.0301. The van der Waals surface area contributed by atoms with Gasteiger partial charge in [-0.1, -0.05) is 13.0 Å². The van der Waals surface area contributed by atoms with Crippen LogP contribution in [-0.2, 0) is 4.74 Å². The Kier molecular flexibility index (Phi) is 5.60. The zero-order valence-corrected chi connectivity index (χ0v) is 12.3.